The number of hydrogen-bond acceptors (Lipinski definition) is 4. The lowest BCUT2D eigenvalue weighted by atomic mass is 9.99. The van der Waals surface area contributed by atoms with Gasteiger partial charge in [-0.25, -0.2) is 0 Å². The molecule has 0 bridgehead atoms. The Labute approximate surface area is 114 Å². The van der Waals surface area contributed by atoms with E-state index in [1.54, 1.807) is 6.92 Å². The molecule has 0 aliphatic rings. The molecule has 0 amide bonds. The highest BCUT2D eigenvalue weighted by molar-refractivity contribution is 9.10. The Morgan fingerprint density at radius 3 is 2.33 bits per heavy atom. The summed E-state index contributed by atoms with van der Waals surface area (Å²) < 4.78 is 10.4. The standard InChI is InChI=1S/C13H15BrO4/c1-3-18-13(16)11(12(15)17-2)8-9-4-6-10(14)7-5-9/h4-7,11H,3,8H2,1-2H3. The highest BCUT2D eigenvalue weighted by atomic mass is 79.9. The van der Waals surface area contributed by atoms with Crippen molar-refractivity contribution < 1.29 is 19.1 Å². The van der Waals surface area contributed by atoms with Gasteiger partial charge in [0.05, 0.1) is 13.7 Å². The molecule has 0 saturated carbocycles. The van der Waals surface area contributed by atoms with Crippen molar-refractivity contribution in [2.75, 3.05) is 13.7 Å². The predicted octanol–water partition coefficient (Wildman–Crippen LogP) is 2.34. The maximum Gasteiger partial charge on any atom is 0.320 e. The number of carbonyl (C=O) groups is 2. The number of methoxy groups -OCH3 is 1. The number of halogens is 1. The minimum atomic E-state index is -0.906. The van der Waals surface area contributed by atoms with Crippen LogP contribution in [0, 0.1) is 5.92 Å². The second-order valence-electron chi connectivity index (χ2n) is 3.66. The fourth-order valence-electron chi connectivity index (χ4n) is 1.50. The van der Waals surface area contributed by atoms with Gasteiger partial charge >= 0.3 is 11.9 Å². The molecule has 18 heavy (non-hydrogen) atoms. The Morgan fingerprint density at radius 1 is 1.22 bits per heavy atom. The maximum atomic E-state index is 11.7. The predicted molar refractivity (Wildman–Crippen MR) is 70.0 cm³/mol. The summed E-state index contributed by atoms with van der Waals surface area (Å²) >= 11 is 3.32. The van der Waals surface area contributed by atoms with Crippen LogP contribution in [0.4, 0.5) is 0 Å². The third kappa shape index (κ3) is 4.14. The minimum absolute atomic E-state index is 0.243. The Hall–Kier alpha value is -1.36. The largest absolute Gasteiger partial charge is 0.468 e. The lowest BCUT2D eigenvalue weighted by Gasteiger charge is -2.13. The fraction of sp³-hybridized carbons (Fsp3) is 0.385. The van der Waals surface area contributed by atoms with E-state index in [0.717, 1.165) is 10.0 Å². The molecule has 1 atom stereocenters. The minimum Gasteiger partial charge on any atom is -0.468 e. The maximum absolute atomic E-state index is 11.7. The zero-order valence-corrected chi connectivity index (χ0v) is 11.9. The molecule has 98 valence electrons. The average molecular weight is 315 g/mol. The van der Waals surface area contributed by atoms with Crippen LogP contribution in [0.5, 0.6) is 0 Å². The summed E-state index contributed by atoms with van der Waals surface area (Å²) in [5, 5.41) is 0. The summed E-state index contributed by atoms with van der Waals surface area (Å²) in [6.07, 6.45) is 0.277. The van der Waals surface area contributed by atoms with E-state index in [4.69, 9.17) is 4.74 Å². The number of ether oxygens (including phenoxy) is 2. The molecule has 0 spiro atoms. The zero-order chi connectivity index (χ0) is 13.5. The van der Waals surface area contributed by atoms with E-state index in [1.807, 2.05) is 24.3 Å². The Kier molecular flexibility index (Phi) is 5.85. The van der Waals surface area contributed by atoms with Crippen molar-refractivity contribution in [1.82, 2.24) is 0 Å². The van der Waals surface area contributed by atoms with Gasteiger partial charge in [-0.05, 0) is 31.0 Å². The molecule has 1 aromatic carbocycles. The van der Waals surface area contributed by atoms with Crippen LogP contribution in [0.3, 0.4) is 0 Å². The molecule has 1 aromatic rings. The summed E-state index contributed by atoms with van der Waals surface area (Å²) in [6, 6.07) is 7.40. The Morgan fingerprint density at radius 2 is 1.83 bits per heavy atom. The van der Waals surface area contributed by atoms with Crippen LogP contribution in [0.25, 0.3) is 0 Å². The SMILES string of the molecule is CCOC(=O)C(Cc1ccc(Br)cc1)C(=O)OC. The Balaban J connectivity index is 2.81. The Bertz CT molecular complexity index is 414. The molecule has 1 rings (SSSR count). The van der Waals surface area contributed by atoms with E-state index in [1.165, 1.54) is 7.11 Å². The van der Waals surface area contributed by atoms with Gasteiger partial charge in [-0.15, -0.1) is 0 Å². The van der Waals surface area contributed by atoms with Crippen molar-refractivity contribution in [1.29, 1.82) is 0 Å². The molecule has 0 fully saturated rings. The first-order valence-electron chi connectivity index (χ1n) is 5.57. The molecule has 0 radical (unpaired) electrons. The molecule has 4 nitrogen and oxygen atoms in total. The van der Waals surface area contributed by atoms with Crippen molar-refractivity contribution in [3.8, 4) is 0 Å². The average Bonchev–Trinajstić information content (AvgIpc) is 2.37. The van der Waals surface area contributed by atoms with Crippen molar-refractivity contribution in [2.24, 2.45) is 5.92 Å². The van der Waals surface area contributed by atoms with Crippen LogP contribution in [0.1, 0.15) is 12.5 Å². The third-order valence-corrected chi connectivity index (χ3v) is 2.94. The van der Waals surface area contributed by atoms with Crippen LogP contribution >= 0.6 is 15.9 Å². The van der Waals surface area contributed by atoms with E-state index < -0.39 is 17.9 Å². The van der Waals surface area contributed by atoms with Gasteiger partial charge in [0.1, 0.15) is 0 Å². The molecule has 5 heteroatoms. The van der Waals surface area contributed by atoms with Crippen molar-refractivity contribution in [3.63, 3.8) is 0 Å². The highest BCUT2D eigenvalue weighted by Crippen LogP contribution is 2.16. The third-order valence-electron chi connectivity index (χ3n) is 2.41. The van der Waals surface area contributed by atoms with Gasteiger partial charge in [0.15, 0.2) is 5.92 Å². The smallest absolute Gasteiger partial charge is 0.320 e. The number of benzene rings is 1. The van der Waals surface area contributed by atoms with Crippen LogP contribution in [-0.4, -0.2) is 25.7 Å². The van der Waals surface area contributed by atoms with Gasteiger partial charge in [0.2, 0.25) is 0 Å². The van der Waals surface area contributed by atoms with Crippen LogP contribution in [0.15, 0.2) is 28.7 Å². The normalized spacial score (nSPS) is 11.7. The molecule has 0 saturated heterocycles. The van der Waals surface area contributed by atoms with Crippen molar-refractivity contribution in [2.45, 2.75) is 13.3 Å². The van der Waals surface area contributed by atoms with Gasteiger partial charge in [-0.3, -0.25) is 9.59 Å². The summed E-state index contributed by atoms with van der Waals surface area (Å²) in [6.45, 7) is 1.94. The summed E-state index contributed by atoms with van der Waals surface area (Å²) in [4.78, 5) is 23.2. The second kappa shape index (κ2) is 7.16. The van der Waals surface area contributed by atoms with E-state index in [9.17, 15) is 9.59 Å². The highest BCUT2D eigenvalue weighted by Gasteiger charge is 2.29. The number of carbonyl (C=O) groups excluding carboxylic acids is 2. The van der Waals surface area contributed by atoms with Gasteiger partial charge in [0, 0.05) is 4.47 Å². The molecular weight excluding hydrogens is 300 g/mol. The summed E-state index contributed by atoms with van der Waals surface area (Å²) in [7, 11) is 1.26. The van der Waals surface area contributed by atoms with E-state index in [-0.39, 0.29) is 13.0 Å². The quantitative estimate of drug-likeness (QED) is 0.618. The van der Waals surface area contributed by atoms with Crippen molar-refractivity contribution >= 4 is 27.9 Å². The first-order valence-corrected chi connectivity index (χ1v) is 6.36. The molecule has 0 aromatic heterocycles. The molecular formula is C13H15BrO4. The van der Waals surface area contributed by atoms with Gasteiger partial charge in [-0.2, -0.15) is 0 Å². The fourth-order valence-corrected chi connectivity index (χ4v) is 1.77. The monoisotopic (exact) mass is 314 g/mol. The van der Waals surface area contributed by atoms with E-state index in [0.29, 0.717) is 0 Å². The first-order chi connectivity index (χ1) is 8.58. The molecule has 0 heterocycles. The number of hydrogen-bond donors (Lipinski definition) is 0. The van der Waals surface area contributed by atoms with E-state index >= 15 is 0 Å². The molecule has 1 unspecified atom stereocenters. The summed E-state index contributed by atoms with van der Waals surface area (Å²) in [5.41, 5.74) is 0.877. The van der Waals surface area contributed by atoms with Crippen LogP contribution in [-0.2, 0) is 25.5 Å². The van der Waals surface area contributed by atoms with Gasteiger partial charge < -0.3 is 9.47 Å². The van der Waals surface area contributed by atoms with Crippen LogP contribution in [0.2, 0.25) is 0 Å². The summed E-state index contributed by atoms with van der Waals surface area (Å²) in [5.74, 6) is -2.03. The molecule has 0 aliphatic carbocycles. The molecule has 0 aliphatic heterocycles. The first kappa shape index (κ1) is 14.7. The van der Waals surface area contributed by atoms with Crippen molar-refractivity contribution in [3.05, 3.63) is 34.3 Å². The second-order valence-corrected chi connectivity index (χ2v) is 4.57. The lowest BCUT2D eigenvalue weighted by molar-refractivity contribution is -0.160. The number of rotatable bonds is 5. The van der Waals surface area contributed by atoms with Gasteiger partial charge in [0.25, 0.3) is 0 Å². The van der Waals surface area contributed by atoms with E-state index in [2.05, 4.69) is 20.7 Å². The van der Waals surface area contributed by atoms with Crippen LogP contribution < -0.4 is 0 Å². The lowest BCUT2D eigenvalue weighted by Crippen LogP contribution is -2.29. The zero-order valence-electron chi connectivity index (χ0n) is 10.3. The molecule has 0 N–H and O–H groups in total. The topological polar surface area (TPSA) is 52.6 Å². The van der Waals surface area contributed by atoms with Gasteiger partial charge in [-0.1, -0.05) is 28.1 Å². The number of esters is 2.